The predicted octanol–water partition coefficient (Wildman–Crippen LogP) is 9.38. The molecule has 394 valence electrons. The zero-order chi connectivity index (χ0) is 51.0. The lowest BCUT2D eigenvalue weighted by Crippen LogP contribution is -2.57. The van der Waals surface area contributed by atoms with Crippen molar-refractivity contribution in [3.8, 4) is 34.5 Å². The fourth-order valence-electron chi connectivity index (χ4n) is 9.96. The van der Waals surface area contributed by atoms with Gasteiger partial charge in [-0.05, 0) is 75.9 Å². The van der Waals surface area contributed by atoms with Crippen molar-refractivity contribution in [3.63, 3.8) is 0 Å². The Bertz CT molecular complexity index is 2090. The maximum absolute atomic E-state index is 5.66. The number of aromatic nitrogens is 2. The molecule has 0 amide bonds. The van der Waals surface area contributed by atoms with E-state index in [2.05, 4.69) is 128 Å². The van der Waals surface area contributed by atoms with Crippen LogP contribution in [0, 0.1) is 0 Å². The first kappa shape index (κ1) is 56.8. The van der Waals surface area contributed by atoms with Crippen molar-refractivity contribution < 1.29 is 46.5 Å². The Morgan fingerprint density at radius 2 is 0.847 bits per heavy atom. The number of hydrogen-bond donors (Lipinski definition) is 0. The molecule has 2 aromatic carbocycles. The average Bonchev–Trinajstić information content (AvgIpc) is 3.41. The average molecular weight is 1030 g/mol. The Balaban J connectivity index is 0.767. The second kappa shape index (κ2) is 30.1. The molecule has 0 spiro atoms. The van der Waals surface area contributed by atoms with Crippen LogP contribution in [0.25, 0.3) is 24.3 Å². The van der Waals surface area contributed by atoms with Gasteiger partial charge in [-0.25, -0.2) is 0 Å². The molecule has 2 aliphatic rings. The Labute approximate surface area is 441 Å². The fraction of sp³-hybridized carbons (Fsp3) is 0.552. The van der Waals surface area contributed by atoms with Gasteiger partial charge in [0.05, 0.1) is 107 Å². The molecule has 6 rings (SSSR count). The summed E-state index contributed by atoms with van der Waals surface area (Å²) in [5.74, 6) is 6.87. The minimum absolute atomic E-state index is 0.709. The third kappa shape index (κ3) is 17.6. The molecule has 4 heterocycles. The second-order valence-electron chi connectivity index (χ2n) is 19.9. The highest BCUT2D eigenvalue weighted by Crippen LogP contribution is 2.37. The number of rotatable bonds is 31. The van der Waals surface area contributed by atoms with Crippen LogP contribution < -0.4 is 37.6 Å². The van der Waals surface area contributed by atoms with Crippen LogP contribution >= 0.6 is 21.6 Å². The van der Waals surface area contributed by atoms with E-state index in [-0.39, 0.29) is 0 Å². The van der Waals surface area contributed by atoms with Crippen molar-refractivity contribution in [3.05, 3.63) is 95.6 Å². The third-order valence-electron chi connectivity index (χ3n) is 14.8. The van der Waals surface area contributed by atoms with Gasteiger partial charge in [-0.2, -0.15) is 9.13 Å². The summed E-state index contributed by atoms with van der Waals surface area (Å²) in [6, 6.07) is 20.3. The number of piperazine rings is 2. The highest BCUT2D eigenvalue weighted by atomic mass is 33.1. The van der Waals surface area contributed by atoms with Crippen molar-refractivity contribution in [2.45, 2.75) is 64.5 Å². The molecule has 0 aliphatic carbocycles. The Hall–Kier alpha value is -4.44. The number of benzene rings is 2. The van der Waals surface area contributed by atoms with E-state index < -0.39 is 0 Å². The maximum Gasteiger partial charge on any atom is 0.205 e. The molecule has 72 heavy (non-hydrogen) atoms. The lowest BCUT2D eigenvalue weighted by Gasteiger charge is -2.42. The van der Waals surface area contributed by atoms with Gasteiger partial charge in [0.2, 0.25) is 11.4 Å². The Kier molecular flexibility index (Phi) is 23.7. The molecule has 2 aliphatic heterocycles. The zero-order valence-electron chi connectivity index (χ0n) is 45.2. The van der Waals surface area contributed by atoms with E-state index in [9.17, 15) is 0 Å². The van der Waals surface area contributed by atoms with E-state index in [4.69, 9.17) is 28.4 Å². The Morgan fingerprint density at radius 3 is 1.19 bits per heavy atom. The summed E-state index contributed by atoms with van der Waals surface area (Å²) >= 11 is 0. The summed E-state index contributed by atoms with van der Waals surface area (Å²) in [4.78, 5) is 5.39. The van der Waals surface area contributed by atoms with Crippen molar-refractivity contribution in [1.82, 2.24) is 9.80 Å². The first-order valence-electron chi connectivity index (χ1n) is 26.4. The molecule has 4 aromatic rings. The lowest BCUT2D eigenvalue weighted by molar-refractivity contribution is -0.913. The predicted molar refractivity (Wildman–Crippen MR) is 300 cm³/mol. The van der Waals surface area contributed by atoms with Gasteiger partial charge in [-0.1, -0.05) is 21.6 Å². The number of aryl methyl sites for hydroxylation is 2. The van der Waals surface area contributed by atoms with E-state index in [1.165, 1.54) is 138 Å². The first-order chi connectivity index (χ1) is 35.1. The minimum atomic E-state index is 0.709. The van der Waals surface area contributed by atoms with Crippen molar-refractivity contribution in [1.29, 1.82) is 0 Å². The zero-order valence-corrected chi connectivity index (χ0v) is 46.8. The molecule has 2 fully saturated rings. The number of likely N-dealkylation sites (N-methyl/N-ethyl adjacent to an activating group) is 2. The first-order valence-corrected chi connectivity index (χ1v) is 28.9. The summed E-state index contributed by atoms with van der Waals surface area (Å²) in [7, 11) is 19.2. The number of methoxy groups -OCH3 is 6. The summed E-state index contributed by atoms with van der Waals surface area (Å²) in [5.41, 5.74) is 4.12. The van der Waals surface area contributed by atoms with Crippen molar-refractivity contribution in [2.75, 3.05) is 147 Å². The molecule has 0 atom stereocenters. The largest absolute Gasteiger partial charge is 0.496 e. The Morgan fingerprint density at radius 1 is 0.472 bits per heavy atom. The fourth-order valence-corrected chi connectivity index (χ4v) is 12.2. The molecular weight excluding hydrogens is 941 g/mol. The van der Waals surface area contributed by atoms with Gasteiger partial charge in [0.1, 0.15) is 47.6 Å². The van der Waals surface area contributed by atoms with E-state index >= 15 is 0 Å². The third-order valence-corrected chi connectivity index (χ3v) is 17.4. The summed E-state index contributed by atoms with van der Waals surface area (Å²) in [6.07, 6.45) is 22.9. The molecule has 0 N–H and O–H groups in total. The molecule has 0 saturated carbocycles. The van der Waals surface area contributed by atoms with Crippen LogP contribution in [0.1, 0.15) is 73.9 Å². The molecule has 2 aromatic heterocycles. The van der Waals surface area contributed by atoms with E-state index in [1.807, 2.05) is 24.3 Å². The SMILES string of the molecule is COc1cc(OC)c(/C=C/c2cccc[n+]2CCCCN2CC[N+](C)(CCCCSSCCCC[N+]3(C)CCN(CCCC[n+]4ccccc4/C=C/c4c(OC)cc(OC)cc4OC)CC3)CC2)c(OC)c1. The summed E-state index contributed by atoms with van der Waals surface area (Å²) < 4.78 is 40.7. The van der Waals surface area contributed by atoms with Crippen LogP contribution in [-0.2, 0) is 13.1 Å². The van der Waals surface area contributed by atoms with Crippen LogP contribution in [0.3, 0.4) is 0 Å². The number of pyridine rings is 2. The van der Waals surface area contributed by atoms with E-state index in [0.717, 1.165) is 71.4 Å². The highest BCUT2D eigenvalue weighted by molar-refractivity contribution is 8.76. The molecular formula is C58H88N6O6S2+4. The summed E-state index contributed by atoms with van der Waals surface area (Å²) in [5, 5.41) is 0. The van der Waals surface area contributed by atoms with Crippen LogP contribution in [0.15, 0.2) is 73.1 Å². The quantitative estimate of drug-likeness (QED) is 0.0211. The number of hydrogen-bond acceptors (Lipinski definition) is 10. The van der Waals surface area contributed by atoms with Crippen LogP contribution in [-0.4, -0.2) is 166 Å². The lowest BCUT2D eigenvalue weighted by atomic mass is 10.1. The normalized spacial score (nSPS) is 16.1. The van der Waals surface area contributed by atoms with Crippen LogP contribution in [0.4, 0.5) is 0 Å². The summed E-state index contributed by atoms with van der Waals surface area (Å²) in [6.45, 7) is 16.9. The minimum Gasteiger partial charge on any atom is -0.496 e. The van der Waals surface area contributed by atoms with E-state index in [1.54, 1.807) is 42.7 Å². The second-order valence-corrected chi connectivity index (χ2v) is 22.6. The monoisotopic (exact) mass is 1030 g/mol. The molecule has 0 unspecified atom stereocenters. The van der Waals surface area contributed by atoms with Crippen LogP contribution in [0.2, 0.25) is 0 Å². The number of unbranched alkanes of at least 4 members (excludes halogenated alkanes) is 4. The molecule has 0 bridgehead atoms. The highest BCUT2D eigenvalue weighted by Gasteiger charge is 2.29. The van der Waals surface area contributed by atoms with E-state index in [0.29, 0.717) is 11.5 Å². The molecule has 14 heteroatoms. The maximum atomic E-state index is 5.66. The van der Waals surface area contributed by atoms with Gasteiger partial charge in [-0.3, -0.25) is 9.80 Å². The van der Waals surface area contributed by atoms with Gasteiger partial charge in [-0.15, -0.1) is 0 Å². The van der Waals surface area contributed by atoms with Crippen LogP contribution in [0.5, 0.6) is 34.5 Å². The topological polar surface area (TPSA) is 69.6 Å². The van der Waals surface area contributed by atoms with Gasteiger partial charge < -0.3 is 37.4 Å². The molecule has 12 nitrogen and oxygen atoms in total. The smallest absolute Gasteiger partial charge is 0.205 e. The van der Waals surface area contributed by atoms with Gasteiger partial charge >= 0.3 is 0 Å². The number of ether oxygens (including phenoxy) is 6. The van der Waals surface area contributed by atoms with Crippen molar-refractivity contribution in [2.24, 2.45) is 0 Å². The van der Waals surface area contributed by atoms with Crippen molar-refractivity contribution >= 4 is 45.9 Å². The van der Waals surface area contributed by atoms with Gasteiger partial charge in [0.15, 0.2) is 12.4 Å². The molecule has 0 radical (unpaired) electrons. The van der Waals surface area contributed by atoms with Gasteiger partial charge in [0.25, 0.3) is 0 Å². The molecule has 2 saturated heterocycles. The number of nitrogens with zero attached hydrogens (tertiary/aromatic N) is 6. The number of quaternary nitrogens is 2. The van der Waals surface area contributed by atoms with Gasteiger partial charge in [0, 0.05) is 111 Å². The standard InChI is InChI=1S/C58H88N6O6S2/c1-63(39-33-59(34-40-63)27-13-15-31-61-29-11-9-21-49(61)23-25-53-55(67-5)45-51(65-3)46-56(53)68-6)37-17-19-43-71-72-44-20-18-38-64(2)41-35-60(36-42-64)28-14-16-32-62-30-12-10-22-50(62)24-26-54-57(69-7)47-52(66-4)48-58(54)70-8/h9-12,21-26,29-30,45-48H,13-20,27-28,31-44H2,1-8H3/q+4/b25-23+,26-24+.